The fourth-order valence-electron chi connectivity index (χ4n) is 1.06. The second-order valence-electron chi connectivity index (χ2n) is 3.42. The van der Waals surface area contributed by atoms with Gasteiger partial charge in [0, 0.05) is 0 Å². The summed E-state index contributed by atoms with van der Waals surface area (Å²) < 4.78 is 73.8. The molecule has 0 aromatic carbocycles. The molecule has 1 heterocycles. The monoisotopic (exact) mass is 354 g/mol. The van der Waals surface area contributed by atoms with Gasteiger partial charge in [-0.05, 0) is 5.75 Å². The Kier molecular flexibility index (Phi) is 5.67. The summed E-state index contributed by atoms with van der Waals surface area (Å²) in [4.78, 5) is 11.2. The topological polar surface area (TPSA) is 66.9 Å². The molecule has 1 rings (SSSR count). The van der Waals surface area contributed by atoms with E-state index in [0.29, 0.717) is 10.1 Å². The van der Waals surface area contributed by atoms with E-state index in [4.69, 9.17) is 0 Å². The highest BCUT2D eigenvalue weighted by atomic mass is 32.2. The number of hydrogen-bond donors (Lipinski definition) is 2. The van der Waals surface area contributed by atoms with Gasteiger partial charge in [-0.25, -0.2) is 4.79 Å². The number of carbonyl (C=O) groups excluding carboxylic acids is 1. The molecule has 0 aliphatic heterocycles. The number of rotatable bonds is 4. The van der Waals surface area contributed by atoms with Gasteiger partial charge in [0.1, 0.15) is 0 Å². The smallest absolute Gasteiger partial charge is 0.318 e. The molecule has 1 aromatic rings. The van der Waals surface area contributed by atoms with Crippen LogP contribution in [0.15, 0.2) is 4.34 Å². The van der Waals surface area contributed by atoms with Gasteiger partial charge in [-0.3, -0.25) is 5.32 Å². The van der Waals surface area contributed by atoms with Gasteiger partial charge in [-0.1, -0.05) is 30.0 Å². The number of carbonyl (C=O) groups is 1. The average Bonchev–Trinajstić information content (AvgIpc) is 2.71. The van der Waals surface area contributed by atoms with Crippen LogP contribution in [0, 0.1) is 0 Å². The molecule has 0 aliphatic rings. The first-order chi connectivity index (χ1) is 9.54. The highest BCUT2D eigenvalue weighted by molar-refractivity contribution is 8.01. The summed E-state index contributed by atoms with van der Waals surface area (Å²) in [5.41, 5.74) is 0. The first kappa shape index (κ1) is 17.8. The Morgan fingerprint density at radius 3 is 2.29 bits per heavy atom. The largest absolute Gasteiger partial charge is 0.417 e. The maximum absolute atomic E-state index is 12.2. The molecule has 2 amide bonds. The number of aromatic nitrogens is 2. The molecule has 120 valence electrons. The standard InChI is InChI=1S/C8H8F6N4OS2/c1-2-20-6-18-17-5(21-6)16-4(19)15-3(7(9,10)11)8(12,13)14/h3H,2H2,1H3,(H2,15,16,17,19). The Balaban J connectivity index is 2.70. The molecule has 1 aromatic heterocycles. The van der Waals surface area contributed by atoms with Crippen molar-refractivity contribution in [3.05, 3.63) is 0 Å². The second kappa shape index (κ2) is 6.68. The molecule has 0 unspecified atom stereocenters. The van der Waals surface area contributed by atoms with Crippen molar-refractivity contribution in [1.82, 2.24) is 15.5 Å². The summed E-state index contributed by atoms with van der Waals surface area (Å²) in [6.07, 6.45) is -11.3. The molecule has 13 heteroatoms. The van der Waals surface area contributed by atoms with E-state index < -0.39 is 24.4 Å². The van der Waals surface area contributed by atoms with Gasteiger partial charge in [-0.15, -0.1) is 10.2 Å². The highest BCUT2D eigenvalue weighted by Crippen LogP contribution is 2.33. The number of nitrogens with zero attached hydrogens (tertiary/aromatic N) is 2. The predicted molar refractivity (Wildman–Crippen MR) is 64.4 cm³/mol. The van der Waals surface area contributed by atoms with E-state index in [1.807, 2.05) is 6.92 Å². The first-order valence-corrected chi connectivity index (χ1v) is 7.01. The van der Waals surface area contributed by atoms with E-state index >= 15 is 0 Å². The quantitative estimate of drug-likeness (QED) is 0.495. The highest BCUT2D eigenvalue weighted by Gasteiger charge is 2.57. The maximum atomic E-state index is 12.2. The second-order valence-corrected chi connectivity index (χ2v) is 5.91. The number of hydrogen-bond acceptors (Lipinski definition) is 5. The lowest BCUT2D eigenvalue weighted by atomic mass is 10.3. The normalized spacial score (nSPS) is 12.6. The summed E-state index contributed by atoms with van der Waals surface area (Å²) in [5, 5.41) is 9.39. The van der Waals surface area contributed by atoms with Gasteiger partial charge in [0.15, 0.2) is 4.34 Å². The van der Waals surface area contributed by atoms with E-state index in [0.717, 1.165) is 16.7 Å². The third-order valence-electron chi connectivity index (χ3n) is 1.82. The molecule has 2 N–H and O–H groups in total. The third-order valence-corrected chi connectivity index (χ3v) is 3.68. The zero-order chi connectivity index (χ0) is 16.3. The third kappa shape index (κ3) is 5.57. The Morgan fingerprint density at radius 1 is 1.24 bits per heavy atom. The summed E-state index contributed by atoms with van der Waals surface area (Å²) in [6, 6.07) is -5.62. The van der Waals surface area contributed by atoms with Crippen molar-refractivity contribution >= 4 is 34.3 Å². The van der Waals surface area contributed by atoms with Crippen LogP contribution in [0.1, 0.15) is 6.92 Å². The molecule has 0 saturated carbocycles. The molecule has 5 nitrogen and oxygen atoms in total. The van der Waals surface area contributed by atoms with Crippen molar-refractivity contribution in [2.75, 3.05) is 11.1 Å². The molecular formula is C8H8F6N4OS2. The first-order valence-electron chi connectivity index (χ1n) is 5.21. The summed E-state index contributed by atoms with van der Waals surface area (Å²) in [6.45, 7) is 1.81. The van der Waals surface area contributed by atoms with Crippen LogP contribution in [0.5, 0.6) is 0 Å². The lowest BCUT2D eigenvalue weighted by molar-refractivity contribution is -0.255. The molecule has 0 radical (unpaired) electrons. The van der Waals surface area contributed by atoms with Crippen molar-refractivity contribution in [3.63, 3.8) is 0 Å². The van der Waals surface area contributed by atoms with E-state index in [-0.39, 0.29) is 5.13 Å². The van der Waals surface area contributed by atoms with E-state index in [2.05, 4.69) is 10.2 Å². The summed E-state index contributed by atoms with van der Waals surface area (Å²) in [5.74, 6) is 0.644. The van der Waals surface area contributed by atoms with Crippen LogP contribution in [0.2, 0.25) is 0 Å². The molecule has 0 fully saturated rings. The number of amides is 2. The predicted octanol–water partition coefficient (Wildman–Crippen LogP) is 3.26. The molecule has 21 heavy (non-hydrogen) atoms. The van der Waals surface area contributed by atoms with Crippen LogP contribution in [0.4, 0.5) is 36.3 Å². The minimum atomic E-state index is -5.65. The van der Waals surface area contributed by atoms with Crippen LogP contribution in [0.3, 0.4) is 0 Å². The van der Waals surface area contributed by atoms with Gasteiger partial charge in [0.2, 0.25) is 11.2 Å². The van der Waals surface area contributed by atoms with Crippen molar-refractivity contribution in [3.8, 4) is 0 Å². The molecule has 0 aliphatic carbocycles. The van der Waals surface area contributed by atoms with Crippen LogP contribution in [0.25, 0.3) is 0 Å². The summed E-state index contributed by atoms with van der Waals surface area (Å²) >= 11 is 2.09. The van der Waals surface area contributed by atoms with Crippen LogP contribution < -0.4 is 10.6 Å². The van der Waals surface area contributed by atoms with E-state index in [1.54, 1.807) is 5.32 Å². The van der Waals surface area contributed by atoms with Crippen molar-refractivity contribution in [1.29, 1.82) is 0 Å². The molecular weight excluding hydrogens is 346 g/mol. The Bertz CT molecular complexity index is 474. The van der Waals surface area contributed by atoms with Gasteiger partial charge >= 0.3 is 18.4 Å². The summed E-state index contributed by atoms with van der Waals surface area (Å²) in [7, 11) is 0. The van der Waals surface area contributed by atoms with Gasteiger partial charge in [-0.2, -0.15) is 26.3 Å². The average molecular weight is 354 g/mol. The molecule has 0 spiro atoms. The minimum Gasteiger partial charge on any atom is -0.318 e. The van der Waals surface area contributed by atoms with E-state index in [1.165, 1.54) is 11.8 Å². The zero-order valence-electron chi connectivity index (χ0n) is 10.2. The number of nitrogens with one attached hydrogen (secondary N) is 2. The molecule has 0 bridgehead atoms. The SMILES string of the molecule is CCSc1nnc(NC(=O)NC(C(F)(F)F)C(F)(F)F)s1. The fraction of sp³-hybridized carbons (Fsp3) is 0.625. The van der Waals surface area contributed by atoms with Crippen LogP contribution in [-0.4, -0.2) is 40.4 Å². The van der Waals surface area contributed by atoms with Crippen molar-refractivity contribution in [2.24, 2.45) is 0 Å². The van der Waals surface area contributed by atoms with Crippen molar-refractivity contribution < 1.29 is 31.1 Å². The zero-order valence-corrected chi connectivity index (χ0v) is 11.8. The number of halogens is 6. The molecule has 0 saturated heterocycles. The minimum absolute atomic E-state index is 0.202. The number of thioether (sulfide) groups is 1. The lowest BCUT2D eigenvalue weighted by Gasteiger charge is -2.23. The van der Waals surface area contributed by atoms with Gasteiger partial charge in [0.25, 0.3) is 0 Å². The Morgan fingerprint density at radius 2 is 1.81 bits per heavy atom. The van der Waals surface area contributed by atoms with E-state index in [9.17, 15) is 31.1 Å². The Labute approximate surface area is 122 Å². The van der Waals surface area contributed by atoms with Gasteiger partial charge in [0.05, 0.1) is 0 Å². The maximum Gasteiger partial charge on any atom is 0.417 e. The lowest BCUT2D eigenvalue weighted by Crippen LogP contribution is -2.55. The molecule has 0 atom stereocenters. The number of anilines is 1. The fourth-order valence-corrected chi connectivity index (χ4v) is 2.70. The van der Waals surface area contributed by atoms with Gasteiger partial charge < -0.3 is 5.32 Å². The van der Waals surface area contributed by atoms with Crippen molar-refractivity contribution in [2.45, 2.75) is 29.7 Å². The number of urea groups is 1. The Hall–Kier alpha value is -1.24. The van der Waals surface area contributed by atoms with Crippen LogP contribution in [-0.2, 0) is 0 Å². The van der Waals surface area contributed by atoms with Crippen LogP contribution >= 0.6 is 23.1 Å². The number of alkyl halides is 6.